The van der Waals surface area contributed by atoms with E-state index in [1.807, 2.05) is 0 Å². The number of H-pyrrole nitrogens is 1. The number of urea groups is 1. The number of carbonyl (C=O) groups is 2. The number of aromatic nitrogens is 3. The first-order valence-electron chi connectivity index (χ1n) is 5.68. The van der Waals surface area contributed by atoms with Gasteiger partial charge in [-0.1, -0.05) is 0 Å². The zero-order chi connectivity index (χ0) is 13.4. The van der Waals surface area contributed by atoms with Crippen LogP contribution >= 0.6 is 0 Å². The Bertz CT molecular complexity index is 379. The van der Waals surface area contributed by atoms with Crippen LogP contribution in [0.3, 0.4) is 0 Å². The Kier molecular flexibility index (Phi) is 5.62. The second-order valence-corrected chi connectivity index (χ2v) is 3.92. The molecule has 0 radical (unpaired) electrons. The number of carbonyl (C=O) groups excluding carboxylic acids is 1. The van der Waals surface area contributed by atoms with Gasteiger partial charge in [-0.05, 0) is 13.3 Å². The molecule has 1 rings (SSSR count). The van der Waals surface area contributed by atoms with Crippen LogP contribution in [0, 0.1) is 0 Å². The van der Waals surface area contributed by atoms with Crippen molar-refractivity contribution in [2.24, 2.45) is 0 Å². The summed E-state index contributed by atoms with van der Waals surface area (Å²) in [4.78, 5) is 25.7. The minimum absolute atomic E-state index is 0.0412. The maximum Gasteiger partial charge on any atom is 0.315 e. The van der Waals surface area contributed by atoms with Crippen molar-refractivity contribution in [3.05, 3.63) is 12.2 Å². The lowest BCUT2D eigenvalue weighted by Crippen LogP contribution is -2.41. The summed E-state index contributed by atoms with van der Waals surface area (Å²) >= 11 is 0. The minimum atomic E-state index is -0.866. The van der Waals surface area contributed by atoms with E-state index < -0.39 is 5.97 Å². The molecule has 0 aliphatic carbocycles. The van der Waals surface area contributed by atoms with Crippen LogP contribution in [0.25, 0.3) is 0 Å². The number of carboxylic acid groups (broad SMARTS) is 1. The van der Waals surface area contributed by atoms with E-state index in [2.05, 4.69) is 25.8 Å². The quantitative estimate of drug-likeness (QED) is 0.542. The number of hydrogen-bond acceptors (Lipinski definition) is 4. The molecular weight excluding hydrogens is 238 g/mol. The number of carboxylic acids is 1. The van der Waals surface area contributed by atoms with E-state index in [1.165, 1.54) is 6.33 Å². The van der Waals surface area contributed by atoms with Gasteiger partial charge in [0, 0.05) is 25.4 Å². The molecule has 0 aliphatic heterocycles. The number of nitrogens with one attached hydrogen (secondary N) is 3. The third kappa shape index (κ3) is 5.83. The van der Waals surface area contributed by atoms with Crippen LogP contribution in [0.1, 0.15) is 25.6 Å². The van der Waals surface area contributed by atoms with Crippen molar-refractivity contribution in [3.63, 3.8) is 0 Å². The largest absolute Gasteiger partial charge is 0.481 e. The molecule has 0 bridgehead atoms. The predicted octanol–water partition coefficient (Wildman–Crippen LogP) is -0.100. The van der Waals surface area contributed by atoms with Crippen LogP contribution in [0.5, 0.6) is 0 Å². The van der Waals surface area contributed by atoms with Gasteiger partial charge in [0.05, 0.1) is 0 Å². The fraction of sp³-hybridized carbons (Fsp3) is 0.600. The number of aromatic amines is 1. The van der Waals surface area contributed by atoms with E-state index in [0.717, 1.165) is 0 Å². The zero-order valence-electron chi connectivity index (χ0n) is 10.1. The Labute approximate surface area is 104 Å². The second kappa shape index (κ2) is 7.25. The van der Waals surface area contributed by atoms with Gasteiger partial charge in [0.1, 0.15) is 12.2 Å². The summed E-state index contributed by atoms with van der Waals surface area (Å²) in [5.74, 6) is -0.163. The Morgan fingerprint density at radius 3 is 2.94 bits per heavy atom. The lowest BCUT2D eigenvalue weighted by molar-refractivity contribution is -0.137. The number of aliphatic carboxylic acids is 1. The second-order valence-electron chi connectivity index (χ2n) is 3.92. The number of rotatable bonds is 7. The van der Waals surface area contributed by atoms with Crippen molar-refractivity contribution < 1.29 is 14.7 Å². The summed E-state index contributed by atoms with van der Waals surface area (Å²) in [6, 6.07) is -0.487. The molecule has 1 aromatic heterocycles. The smallest absolute Gasteiger partial charge is 0.315 e. The molecule has 1 heterocycles. The standard InChI is InChI=1S/C10H17N5O3/c1-7(2-3-9(16)17)14-10(18)11-5-4-8-12-6-13-15-8/h6-7H,2-5H2,1H3,(H,16,17)(H2,11,14,18)(H,12,13,15). The SMILES string of the molecule is CC(CCC(=O)O)NC(=O)NCCc1ncn[nH]1. The fourth-order valence-electron chi connectivity index (χ4n) is 1.33. The van der Waals surface area contributed by atoms with E-state index in [1.54, 1.807) is 6.92 Å². The van der Waals surface area contributed by atoms with Crippen LogP contribution in [-0.2, 0) is 11.2 Å². The summed E-state index contributed by atoms with van der Waals surface area (Å²) < 4.78 is 0. The van der Waals surface area contributed by atoms with Gasteiger partial charge in [0.25, 0.3) is 0 Å². The van der Waals surface area contributed by atoms with Gasteiger partial charge >= 0.3 is 12.0 Å². The average molecular weight is 255 g/mol. The Morgan fingerprint density at radius 2 is 2.33 bits per heavy atom. The fourth-order valence-corrected chi connectivity index (χ4v) is 1.33. The molecule has 2 amide bonds. The van der Waals surface area contributed by atoms with Gasteiger partial charge in [0.15, 0.2) is 0 Å². The van der Waals surface area contributed by atoms with E-state index >= 15 is 0 Å². The van der Waals surface area contributed by atoms with Gasteiger partial charge in [-0.25, -0.2) is 9.78 Å². The van der Waals surface area contributed by atoms with Crippen molar-refractivity contribution in [3.8, 4) is 0 Å². The van der Waals surface area contributed by atoms with Crippen LogP contribution in [0.4, 0.5) is 4.79 Å². The summed E-state index contributed by atoms with van der Waals surface area (Å²) in [5.41, 5.74) is 0. The highest BCUT2D eigenvalue weighted by molar-refractivity contribution is 5.74. The lowest BCUT2D eigenvalue weighted by atomic mass is 10.2. The van der Waals surface area contributed by atoms with Crippen molar-refractivity contribution in [1.82, 2.24) is 25.8 Å². The summed E-state index contributed by atoms with van der Waals surface area (Å²) in [6.07, 6.45) is 2.42. The van der Waals surface area contributed by atoms with E-state index in [4.69, 9.17) is 5.11 Å². The maximum absolute atomic E-state index is 11.4. The van der Waals surface area contributed by atoms with Gasteiger partial charge in [0.2, 0.25) is 0 Å². The number of hydrogen-bond donors (Lipinski definition) is 4. The third-order valence-electron chi connectivity index (χ3n) is 2.28. The van der Waals surface area contributed by atoms with Crippen molar-refractivity contribution >= 4 is 12.0 Å². The Morgan fingerprint density at radius 1 is 1.56 bits per heavy atom. The van der Waals surface area contributed by atoms with Crippen molar-refractivity contribution in [1.29, 1.82) is 0 Å². The van der Waals surface area contributed by atoms with Crippen LogP contribution < -0.4 is 10.6 Å². The minimum Gasteiger partial charge on any atom is -0.481 e. The van der Waals surface area contributed by atoms with Crippen molar-refractivity contribution in [2.45, 2.75) is 32.2 Å². The molecule has 0 aromatic carbocycles. The molecule has 0 spiro atoms. The summed E-state index contributed by atoms with van der Waals surface area (Å²) in [5, 5.41) is 20.2. The van der Waals surface area contributed by atoms with Crippen LogP contribution in [0.2, 0.25) is 0 Å². The average Bonchev–Trinajstić information content (AvgIpc) is 2.79. The molecule has 0 saturated heterocycles. The first-order chi connectivity index (χ1) is 8.58. The zero-order valence-corrected chi connectivity index (χ0v) is 10.1. The number of nitrogens with zero attached hydrogens (tertiary/aromatic N) is 2. The predicted molar refractivity (Wildman–Crippen MR) is 63.0 cm³/mol. The van der Waals surface area contributed by atoms with Gasteiger partial charge in [-0.2, -0.15) is 5.10 Å². The molecule has 8 nitrogen and oxygen atoms in total. The monoisotopic (exact) mass is 255 g/mol. The summed E-state index contributed by atoms with van der Waals surface area (Å²) in [6.45, 7) is 2.20. The van der Waals surface area contributed by atoms with E-state index in [9.17, 15) is 9.59 Å². The molecule has 1 aromatic rings. The van der Waals surface area contributed by atoms with Crippen LogP contribution in [0.15, 0.2) is 6.33 Å². The maximum atomic E-state index is 11.4. The normalized spacial score (nSPS) is 11.8. The molecule has 100 valence electrons. The lowest BCUT2D eigenvalue weighted by Gasteiger charge is -2.13. The molecule has 1 unspecified atom stereocenters. The number of amides is 2. The highest BCUT2D eigenvalue weighted by Gasteiger charge is 2.08. The first kappa shape index (κ1) is 13.9. The highest BCUT2D eigenvalue weighted by atomic mass is 16.4. The van der Waals surface area contributed by atoms with E-state index in [0.29, 0.717) is 25.2 Å². The molecule has 0 fully saturated rings. The van der Waals surface area contributed by atoms with Gasteiger partial charge in [-0.3, -0.25) is 9.89 Å². The molecule has 1 atom stereocenters. The third-order valence-corrected chi connectivity index (χ3v) is 2.28. The molecule has 8 heteroatoms. The topological polar surface area (TPSA) is 120 Å². The van der Waals surface area contributed by atoms with E-state index in [-0.39, 0.29) is 18.5 Å². The summed E-state index contributed by atoms with van der Waals surface area (Å²) in [7, 11) is 0. The van der Waals surface area contributed by atoms with Crippen molar-refractivity contribution in [2.75, 3.05) is 6.54 Å². The van der Waals surface area contributed by atoms with Gasteiger partial charge < -0.3 is 15.7 Å². The molecule has 4 N–H and O–H groups in total. The Hall–Kier alpha value is -2.12. The van der Waals surface area contributed by atoms with Crippen LogP contribution in [-0.4, -0.2) is 44.9 Å². The molecular formula is C10H17N5O3. The Balaban J connectivity index is 2.11. The molecule has 18 heavy (non-hydrogen) atoms. The van der Waals surface area contributed by atoms with Gasteiger partial charge in [-0.15, -0.1) is 0 Å². The highest BCUT2D eigenvalue weighted by Crippen LogP contribution is 1.95. The molecule has 0 saturated carbocycles. The first-order valence-corrected chi connectivity index (χ1v) is 5.68. The molecule has 0 aliphatic rings.